The molecule has 1 N–H and O–H groups in total. The van der Waals surface area contributed by atoms with E-state index >= 15 is 0 Å². The minimum Gasteiger partial charge on any atom is -0.375 e. The van der Waals surface area contributed by atoms with E-state index in [0.29, 0.717) is 12.3 Å². The SMILES string of the molecule is FC(F)(F)C1CCC(C2CCOC3(CCC3)C2)NC1. The van der Waals surface area contributed by atoms with Crippen molar-refractivity contribution in [3.63, 3.8) is 0 Å². The third-order valence-electron chi connectivity index (χ3n) is 5.28. The number of rotatable bonds is 1. The molecule has 0 aromatic carbocycles. The van der Waals surface area contributed by atoms with Crippen LogP contribution in [0.1, 0.15) is 44.9 Å². The summed E-state index contributed by atoms with van der Waals surface area (Å²) in [5.74, 6) is -0.649. The van der Waals surface area contributed by atoms with Gasteiger partial charge in [0.1, 0.15) is 0 Å². The first-order chi connectivity index (χ1) is 8.99. The smallest absolute Gasteiger partial charge is 0.375 e. The number of piperidine rings is 1. The van der Waals surface area contributed by atoms with Crippen LogP contribution in [0.15, 0.2) is 0 Å². The van der Waals surface area contributed by atoms with Crippen molar-refractivity contribution in [1.82, 2.24) is 5.32 Å². The Hall–Kier alpha value is -0.290. The van der Waals surface area contributed by atoms with E-state index in [1.165, 1.54) is 6.42 Å². The average molecular weight is 277 g/mol. The quantitative estimate of drug-likeness (QED) is 0.794. The second kappa shape index (κ2) is 4.92. The lowest BCUT2D eigenvalue weighted by Crippen LogP contribution is -2.53. The van der Waals surface area contributed by atoms with Gasteiger partial charge in [-0.25, -0.2) is 0 Å². The Labute approximate surface area is 112 Å². The molecule has 0 radical (unpaired) electrons. The summed E-state index contributed by atoms with van der Waals surface area (Å²) >= 11 is 0. The van der Waals surface area contributed by atoms with Gasteiger partial charge in [-0.1, -0.05) is 0 Å². The molecular weight excluding hydrogens is 255 g/mol. The molecule has 0 bridgehead atoms. The van der Waals surface area contributed by atoms with E-state index in [1.54, 1.807) is 0 Å². The highest BCUT2D eigenvalue weighted by Gasteiger charge is 2.46. The molecule has 1 spiro atoms. The fourth-order valence-electron chi connectivity index (χ4n) is 3.89. The molecule has 0 aromatic heterocycles. The summed E-state index contributed by atoms with van der Waals surface area (Å²) in [4.78, 5) is 0. The molecule has 2 heterocycles. The van der Waals surface area contributed by atoms with Gasteiger partial charge in [0, 0.05) is 19.2 Å². The molecule has 1 saturated carbocycles. The maximum absolute atomic E-state index is 12.6. The van der Waals surface area contributed by atoms with Crippen LogP contribution in [0.5, 0.6) is 0 Å². The molecule has 3 atom stereocenters. The third-order valence-corrected chi connectivity index (χ3v) is 5.28. The van der Waals surface area contributed by atoms with Crippen LogP contribution in [0.2, 0.25) is 0 Å². The summed E-state index contributed by atoms with van der Waals surface area (Å²) in [6, 6.07) is 0.264. The van der Waals surface area contributed by atoms with E-state index in [2.05, 4.69) is 5.32 Å². The summed E-state index contributed by atoms with van der Waals surface area (Å²) in [7, 11) is 0. The van der Waals surface area contributed by atoms with E-state index < -0.39 is 12.1 Å². The Morgan fingerprint density at radius 3 is 2.42 bits per heavy atom. The van der Waals surface area contributed by atoms with Crippen LogP contribution in [-0.2, 0) is 4.74 Å². The molecule has 1 aliphatic carbocycles. The monoisotopic (exact) mass is 277 g/mol. The second-order valence-electron chi connectivity index (χ2n) is 6.47. The molecule has 110 valence electrons. The van der Waals surface area contributed by atoms with Crippen molar-refractivity contribution < 1.29 is 17.9 Å². The number of alkyl halides is 3. The average Bonchev–Trinajstić information content (AvgIpc) is 2.36. The van der Waals surface area contributed by atoms with E-state index in [-0.39, 0.29) is 24.6 Å². The van der Waals surface area contributed by atoms with Gasteiger partial charge in [-0.2, -0.15) is 13.2 Å². The number of ether oxygens (including phenoxy) is 1. The van der Waals surface area contributed by atoms with Crippen molar-refractivity contribution in [3.8, 4) is 0 Å². The zero-order chi connectivity index (χ0) is 13.5. The molecule has 0 amide bonds. The van der Waals surface area contributed by atoms with Gasteiger partial charge in [0.25, 0.3) is 0 Å². The molecule has 2 saturated heterocycles. The maximum Gasteiger partial charge on any atom is 0.393 e. The zero-order valence-corrected chi connectivity index (χ0v) is 11.1. The summed E-state index contributed by atoms with van der Waals surface area (Å²) < 4.78 is 43.8. The molecule has 0 aromatic rings. The fourth-order valence-corrected chi connectivity index (χ4v) is 3.89. The molecule has 3 fully saturated rings. The molecular formula is C14H22F3NO. The second-order valence-corrected chi connectivity index (χ2v) is 6.47. The van der Waals surface area contributed by atoms with Crippen molar-refractivity contribution >= 4 is 0 Å². The topological polar surface area (TPSA) is 21.3 Å². The largest absolute Gasteiger partial charge is 0.393 e. The van der Waals surface area contributed by atoms with Crippen molar-refractivity contribution in [2.24, 2.45) is 11.8 Å². The molecule has 2 aliphatic heterocycles. The van der Waals surface area contributed by atoms with Crippen molar-refractivity contribution in [3.05, 3.63) is 0 Å². The minimum atomic E-state index is -4.04. The summed E-state index contributed by atoms with van der Waals surface area (Å²) in [6.07, 6.45) is 2.46. The lowest BCUT2D eigenvalue weighted by molar-refractivity contribution is -0.183. The Morgan fingerprint density at radius 1 is 1.11 bits per heavy atom. The highest BCUT2D eigenvalue weighted by molar-refractivity contribution is 4.97. The van der Waals surface area contributed by atoms with Crippen LogP contribution < -0.4 is 5.32 Å². The minimum absolute atomic E-state index is 0.0888. The van der Waals surface area contributed by atoms with Crippen LogP contribution in [0.25, 0.3) is 0 Å². The van der Waals surface area contributed by atoms with Crippen LogP contribution in [0.4, 0.5) is 13.2 Å². The Kier molecular flexibility index (Phi) is 3.54. The highest BCUT2D eigenvalue weighted by Crippen LogP contribution is 2.46. The Balaban J connectivity index is 1.53. The van der Waals surface area contributed by atoms with Crippen molar-refractivity contribution in [2.45, 2.75) is 62.8 Å². The van der Waals surface area contributed by atoms with E-state index in [4.69, 9.17) is 4.74 Å². The van der Waals surface area contributed by atoms with Crippen LogP contribution >= 0.6 is 0 Å². The van der Waals surface area contributed by atoms with Gasteiger partial charge < -0.3 is 10.1 Å². The fraction of sp³-hybridized carbons (Fsp3) is 1.00. The molecule has 3 rings (SSSR count). The Bertz CT molecular complexity index is 319. The predicted octanol–water partition coefficient (Wildman–Crippen LogP) is 3.27. The van der Waals surface area contributed by atoms with E-state index in [1.807, 2.05) is 0 Å². The highest BCUT2D eigenvalue weighted by atomic mass is 19.4. The molecule has 5 heteroatoms. The van der Waals surface area contributed by atoms with Gasteiger partial charge in [0.15, 0.2) is 0 Å². The zero-order valence-electron chi connectivity index (χ0n) is 11.1. The first-order valence-corrected chi connectivity index (χ1v) is 7.43. The van der Waals surface area contributed by atoms with Gasteiger partial charge in [0.2, 0.25) is 0 Å². The summed E-state index contributed by atoms with van der Waals surface area (Å²) in [5.41, 5.74) is 0.0888. The Morgan fingerprint density at radius 2 is 1.89 bits per heavy atom. The summed E-state index contributed by atoms with van der Waals surface area (Å²) in [5, 5.41) is 3.16. The normalized spacial score (nSPS) is 39.0. The summed E-state index contributed by atoms with van der Waals surface area (Å²) in [6.45, 7) is 0.879. The van der Waals surface area contributed by atoms with Crippen LogP contribution in [0.3, 0.4) is 0 Å². The first-order valence-electron chi connectivity index (χ1n) is 7.43. The van der Waals surface area contributed by atoms with Gasteiger partial charge in [0.05, 0.1) is 11.5 Å². The molecule has 2 nitrogen and oxygen atoms in total. The molecule has 3 unspecified atom stereocenters. The predicted molar refractivity (Wildman–Crippen MR) is 65.8 cm³/mol. The third kappa shape index (κ3) is 2.77. The van der Waals surface area contributed by atoms with Gasteiger partial charge in [-0.3, -0.25) is 0 Å². The van der Waals surface area contributed by atoms with Crippen molar-refractivity contribution in [1.29, 1.82) is 0 Å². The molecule has 3 aliphatic rings. The first kappa shape index (κ1) is 13.7. The number of nitrogens with one attached hydrogen (secondary N) is 1. The van der Waals surface area contributed by atoms with Gasteiger partial charge >= 0.3 is 6.18 Å². The lowest BCUT2D eigenvalue weighted by Gasteiger charge is -2.49. The van der Waals surface area contributed by atoms with E-state index in [9.17, 15) is 13.2 Å². The number of halogens is 3. The number of hydrogen-bond donors (Lipinski definition) is 1. The standard InChI is InChI=1S/C14H22F3NO/c15-14(16,17)11-2-3-12(18-9-11)10-4-7-19-13(8-10)5-1-6-13/h10-12,18H,1-9H2. The van der Waals surface area contributed by atoms with Gasteiger partial charge in [-0.05, 0) is 50.9 Å². The van der Waals surface area contributed by atoms with Crippen molar-refractivity contribution in [2.75, 3.05) is 13.2 Å². The lowest BCUT2D eigenvalue weighted by atomic mass is 9.69. The van der Waals surface area contributed by atoms with Crippen LogP contribution in [0, 0.1) is 11.8 Å². The van der Waals surface area contributed by atoms with Crippen LogP contribution in [-0.4, -0.2) is 31.0 Å². The number of hydrogen-bond acceptors (Lipinski definition) is 2. The van der Waals surface area contributed by atoms with E-state index in [0.717, 1.165) is 32.3 Å². The maximum atomic E-state index is 12.6. The molecule has 19 heavy (non-hydrogen) atoms. The van der Waals surface area contributed by atoms with Gasteiger partial charge in [-0.15, -0.1) is 0 Å².